The van der Waals surface area contributed by atoms with Crippen molar-refractivity contribution in [3.05, 3.63) is 78.2 Å². The summed E-state index contributed by atoms with van der Waals surface area (Å²) in [6.07, 6.45) is 12.0. The molecule has 0 amide bonds. The molecule has 0 saturated heterocycles. The Morgan fingerprint density at radius 2 is 1.73 bits per heavy atom. The van der Waals surface area contributed by atoms with Crippen LogP contribution in [0.4, 0.5) is 0 Å². The van der Waals surface area contributed by atoms with Crippen LogP contribution in [-0.2, 0) is 0 Å². The Hall–Kier alpha value is -2.98. The lowest BCUT2D eigenvalue weighted by Gasteiger charge is -2.22. The average molecular weight is 398 g/mol. The van der Waals surface area contributed by atoms with Gasteiger partial charge in [-0.1, -0.05) is 61.7 Å². The van der Waals surface area contributed by atoms with E-state index in [-0.39, 0.29) is 0 Å². The largest absolute Gasteiger partial charge is 0.389 e. The van der Waals surface area contributed by atoms with Gasteiger partial charge >= 0.3 is 0 Å². The number of hydrogen-bond acceptors (Lipinski definition) is 3. The monoisotopic (exact) mass is 397 g/mol. The molecule has 152 valence electrons. The lowest BCUT2D eigenvalue weighted by atomic mass is 9.84. The SMILES string of the molecule is CC(O)c1cccc(-c2cnn3cc(-c4ccc(C5CCCCC5)cc4)cnc23)c1. The summed E-state index contributed by atoms with van der Waals surface area (Å²) in [6.45, 7) is 1.78. The van der Waals surface area contributed by atoms with Gasteiger partial charge in [0.2, 0.25) is 0 Å². The van der Waals surface area contributed by atoms with Crippen molar-refractivity contribution in [2.24, 2.45) is 0 Å². The Morgan fingerprint density at radius 1 is 0.933 bits per heavy atom. The summed E-state index contributed by atoms with van der Waals surface area (Å²) < 4.78 is 1.84. The molecule has 1 aliphatic carbocycles. The van der Waals surface area contributed by atoms with Crippen LogP contribution in [0.5, 0.6) is 0 Å². The molecule has 4 heteroatoms. The van der Waals surface area contributed by atoms with E-state index < -0.39 is 6.10 Å². The van der Waals surface area contributed by atoms with Gasteiger partial charge < -0.3 is 5.11 Å². The molecule has 0 radical (unpaired) electrons. The number of fused-ring (bicyclic) bond motifs is 1. The minimum atomic E-state index is -0.497. The molecule has 30 heavy (non-hydrogen) atoms. The third-order valence-corrected chi connectivity index (χ3v) is 6.36. The number of rotatable bonds is 4. The number of aliphatic hydroxyl groups excluding tert-OH is 1. The smallest absolute Gasteiger partial charge is 0.162 e. The van der Waals surface area contributed by atoms with Crippen LogP contribution >= 0.6 is 0 Å². The molecule has 1 aliphatic rings. The molecule has 1 fully saturated rings. The van der Waals surface area contributed by atoms with Gasteiger partial charge in [0.05, 0.1) is 12.3 Å². The summed E-state index contributed by atoms with van der Waals surface area (Å²) in [5.74, 6) is 0.722. The maximum atomic E-state index is 9.89. The van der Waals surface area contributed by atoms with E-state index in [1.54, 1.807) is 6.92 Å². The molecule has 0 spiro atoms. The van der Waals surface area contributed by atoms with E-state index in [1.165, 1.54) is 37.7 Å². The van der Waals surface area contributed by atoms with Crippen LogP contribution in [-0.4, -0.2) is 19.7 Å². The highest BCUT2D eigenvalue weighted by atomic mass is 16.3. The second kappa shape index (κ2) is 8.04. The van der Waals surface area contributed by atoms with Crippen molar-refractivity contribution >= 4 is 5.65 Å². The fourth-order valence-corrected chi connectivity index (χ4v) is 4.58. The molecule has 4 aromatic rings. The number of nitrogens with zero attached hydrogens (tertiary/aromatic N) is 3. The fourth-order valence-electron chi connectivity index (χ4n) is 4.58. The minimum absolute atomic E-state index is 0.497. The molecule has 1 saturated carbocycles. The van der Waals surface area contributed by atoms with Gasteiger partial charge in [-0.25, -0.2) is 9.50 Å². The Balaban J connectivity index is 1.44. The van der Waals surface area contributed by atoms with Gasteiger partial charge in [-0.2, -0.15) is 5.10 Å². The highest BCUT2D eigenvalue weighted by Crippen LogP contribution is 2.34. The summed E-state index contributed by atoms with van der Waals surface area (Å²) in [5, 5.41) is 14.4. The maximum Gasteiger partial charge on any atom is 0.162 e. The summed E-state index contributed by atoms with van der Waals surface area (Å²) in [4.78, 5) is 4.72. The first-order valence-electron chi connectivity index (χ1n) is 10.9. The minimum Gasteiger partial charge on any atom is -0.389 e. The quantitative estimate of drug-likeness (QED) is 0.448. The molecular formula is C26H27N3O. The predicted octanol–water partition coefficient (Wildman–Crippen LogP) is 6.16. The van der Waals surface area contributed by atoms with E-state index in [4.69, 9.17) is 4.98 Å². The number of benzene rings is 2. The lowest BCUT2D eigenvalue weighted by molar-refractivity contribution is 0.199. The molecule has 0 aliphatic heterocycles. The number of aliphatic hydroxyl groups is 1. The van der Waals surface area contributed by atoms with Crippen LogP contribution < -0.4 is 0 Å². The van der Waals surface area contributed by atoms with Gasteiger partial charge in [-0.05, 0) is 54.0 Å². The van der Waals surface area contributed by atoms with Crippen molar-refractivity contribution in [1.82, 2.24) is 14.6 Å². The first-order valence-corrected chi connectivity index (χ1v) is 10.9. The maximum absolute atomic E-state index is 9.89. The van der Waals surface area contributed by atoms with Crippen LogP contribution in [0.15, 0.2) is 67.1 Å². The molecule has 0 bridgehead atoms. The highest BCUT2D eigenvalue weighted by molar-refractivity contribution is 5.78. The first-order chi connectivity index (χ1) is 14.7. The zero-order chi connectivity index (χ0) is 20.5. The van der Waals surface area contributed by atoms with Crippen LogP contribution in [0, 0.1) is 0 Å². The topological polar surface area (TPSA) is 50.4 Å². The van der Waals surface area contributed by atoms with E-state index in [1.807, 2.05) is 47.4 Å². The van der Waals surface area contributed by atoms with E-state index in [2.05, 4.69) is 29.4 Å². The van der Waals surface area contributed by atoms with E-state index in [0.29, 0.717) is 0 Å². The average Bonchev–Trinajstić information content (AvgIpc) is 3.23. The Kier molecular flexibility index (Phi) is 5.09. The fraction of sp³-hybridized carbons (Fsp3) is 0.308. The van der Waals surface area contributed by atoms with Crippen molar-refractivity contribution in [1.29, 1.82) is 0 Å². The van der Waals surface area contributed by atoms with Crippen molar-refractivity contribution in [3.8, 4) is 22.3 Å². The van der Waals surface area contributed by atoms with Gasteiger partial charge in [0.25, 0.3) is 0 Å². The predicted molar refractivity (Wildman–Crippen MR) is 120 cm³/mol. The third-order valence-electron chi connectivity index (χ3n) is 6.36. The van der Waals surface area contributed by atoms with Gasteiger partial charge in [-0.3, -0.25) is 0 Å². The van der Waals surface area contributed by atoms with E-state index in [0.717, 1.165) is 39.4 Å². The molecule has 1 atom stereocenters. The van der Waals surface area contributed by atoms with Crippen molar-refractivity contribution < 1.29 is 5.11 Å². The molecule has 1 unspecified atom stereocenters. The van der Waals surface area contributed by atoms with Crippen molar-refractivity contribution in [2.75, 3.05) is 0 Å². The van der Waals surface area contributed by atoms with Gasteiger partial charge in [0, 0.05) is 23.5 Å². The Bertz CT molecular complexity index is 1150. The Labute approximate surface area is 177 Å². The summed E-state index contributed by atoms with van der Waals surface area (Å²) in [6, 6.07) is 16.9. The zero-order valence-electron chi connectivity index (χ0n) is 17.3. The van der Waals surface area contributed by atoms with Crippen LogP contribution in [0.25, 0.3) is 27.9 Å². The van der Waals surface area contributed by atoms with Crippen LogP contribution in [0.2, 0.25) is 0 Å². The second-order valence-corrected chi connectivity index (χ2v) is 8.43. The summed E-state index contributed by atoms with van der Waals surface area (Å²) >= 11 is 0. The van der Waals surface area contributed by atoms with Gasteiger partial charge in [-0.15, -0.1) is 0 Å². The lowest BCUT2D eigenvalue weighted by Crippen LogP contribution is -2.04. The summed E-state index contributed by atoms with van der Waals surface area (Å²) in [7, 11) is 0. The number of aromatic nitrogens is 3. The van der Waals surface area contributed by atoms with Gasteiger partial charge in [0.15, 0.2) is 5.65 Å². The zero-order valence-corrected chi connectivity index (χ0v) is 17.3. The molecule has 1 N–H and O–H groups in total. The summed E-state index contributed by atoms with van der Waals surface area (Å²) in [5.41, 5.74) is 7.38. The van der Waals surface area contributed by atoms with Crippen molar-refractivity contribution in [2.45, 2.75) is 51.0 Å². The van der Waals surface area contributed by atoms with Crippen LogP contribution in [0.1, 0.15) is 62.2 Å². The van der Waals surface area contributed by atoms with Crippen LogP contribution in [0.3, 0.4) is 0 Å². The van der Waals surface area contributed by atoms with Gasteiger partial charge in [0.1, 0.15) is 0 Å². The first kappa shape index (κ1) is 19.0. The highest BCUT2D eigenvalue weighted by Gasteiger charge is 2.16. The standard InChI is InChI=1S/C26H27N3O/c1-18(30)22-8-5-9-23(14-22)25-16-28-29-17-24(15-27-26(25)29)21-12-10-20(11-13-21)19-6-3-2-4-7-19/h5,8-19,30H,2-4,6-7H2,1H3. The van der Waals surface area contributed by atoms with Crippen molar-refractivity contribution in [3.63, 3.8) is 0 Å². The molecule has 4 nitrogen and oxygen atoms in total. The Morgan fingerprint density at radius 3 is 2.50 bits per heavy atom. The molecular weight excluding hydrogens is 370 g/mol. The molecule has 2 aromatic heterocycles. The van der Waals surface area contributed by atoms with E-state index >= 15 is 0 Å². The molecule has 5 rings (SSSR count). The van der Waals surface area contributed by atoms with E-state index in [9.17, 15) is 5.11 Å². The third kappa shape index (κ3) is 3.63. The molecule has 2 heterocycles. The normalized spacial score (nSPS) is 16.1. The molecule has 2 aromatic carbocycles. The number of hydrogen-bond donors (Lipinski definition) is 1. The second-order valence-electron chi connectivity index (χ2n) is 8.43.